The summed E-state index contributed by atoms with van der Waals surface area (Å²) in [6.07, 6.45) is 3.26. The molecule has 0 radical (unpaired) electrons. The topological polar surface area (TPSA) is 96.7 Å². The third-order valence-corrected chi connectivity index (χ3v) is 7.32. The van der Waals surface area contributed by atoms with Crippen molar-refractivity contribution in [3.05, 3.63) is 77.7 Å². The molecule has 0 atom stereocenters. The number of carbonyl (C=O) groups excluding carboxylic acids is 2. The molecule has 0 spiro atoms. The first-order valence-electron chi connectivity index (χ1n) is 14.2. The Balaban J connectivity index is 1.29. The largest absolute Gasteiger partial charge is 0.467 e. The van der Waals surface area contributed by atoms with Gasteiger partial charge in [0.05, 0.1) is 26.0 Å². The molecule has 2 aromatic carbocycles. The number of morpholine rings is 1. The minimum atomic E-state index is -0.300. The van der Waals surface area contributed by atoms with E-state index in [2.05, 4.69) is 17.1 Å². The molecule has 1 N–H and O–H groups in total. The van der Waals surface area contributed by atoms with Crippen molar-refractivity contribution in [2.45, 2.75) is 32.9 Å². The van der Waals surface area contributed by atoms with Crippen LogP contribution < -0.4 is 14.8 Å². The average Bonchev–Trinajstić information content (AvgIpc) is 3.69. The van der Waals surface area contributed by atoms with E-state index in [9.17, 15) is 9.59 Å². The number of fused-ring (bicyclic) bond motifs is 1. The van der Waals surface area contributed by atoms with E-state index in [0.717, 1.165) is 51.3 Å². The molecule has 10 heteroatoms. The van der Waals surface area contributed by atoms with Gasteiger partial charge >= 0.3 is 6.03 Å². The third-order valence-electron chi connectivity index (χ3n) is 7.32. The molecule has 3 aromatic rings. The number of anilines is 1. The standard InChI is InChI=1S/C31H38N4O6/c1-2-24-6-9-26(10-7-24)32-31(37)34(13-4-12-33-14-17-38-18-15-33)22-30(36)35(21-27-5-3-16-39-27)20-25-8-11-28-29(19-25)41-23-40-28/h3,5-11,16,19H,2,4,12-15,17-18,20-23H2,1H3,(H,32,37). The van der Waals surface area contributed by atoms with Gasteiger partial charge in [-0.25, -0.2) is 4.79 Å². The number of nitrogens with zero attached hydrogens (tertiary/aromatic N) is 3. The van der Waals surface area contributed by atoms with Gasteiger partial charge in [0, 0.05) is 38.4 Å². The number of benzene rings is 2. The Hall–Kier alpha value is -4.02. The van der Waals surface area contributed by atoms with Gasteiger partial charge in [0.15, 0.2) is 11.5 Å². The highest BCUT2D eigenvalue weighted by atomic mass is 16.7. The van der Waals surface area contributed by atoms with Gasteiger partial charge in [0.25, 0.3) is 0 Å². The lowest BCUT2D eigenvalue weighted by molar-refractivity contribution is -0.133. The van der Waals surface area contributed by atoms with Crippen molar-refractivity contribution in [2.24, 2.45) is 0 Å². The first kappa shape index (κ1) is 28.5. The predicted molar refractivity (Wildman–Crippen MR) is 154 cm³/mol. The lowest BCUT2D eigenvalue weighted by Crippen LogP contribution is -2.45. The number of aryl methyl sites for hydroxylation is 1. The fraction of sp³-hybridized carbons (Fsp3) is 0.419. The highest BCUT2D eigenvalue weighted by molar-refractivity contribution is 5.92. The van der Waals surface area contributed by atoms with Crippen LogP contribution in [0.2, 0.25) is 0 Å². The molecule has 0 unspecified atom stereocenters. The third kappa shape index (κ3) is 8.02. The SMILES string of the molecule is CCc1ccc(NC(=O)N(CCCN2CCOCC2)CC(=O)N(Cc2ccc3c(c2)OCO3)Cc2ccco2)cc1. The van der Waals surface area contributed by atoms with Crippen LogP contribution in [0.25, 0.3) is 0 Å². The quantitative estimate of drug-likeness (QED) is 0.351. The molecule has 0 bridgehead atoms. The van der Waals surface area contributed by atoms with Gasteiger partial charge in [0.2, 0.25) is 12.7 Å². The molecule has 10 nitrogen and oxygen atoms in total. The van der Waals surface area contributed by atoms with Crippen LogP contribution in [0, 0.1) is 0 Å². The zero-order chi connectivity index (χ0) is 28.4. The van der Waals surface area contributed by atoms with E-state index in [1.54, 1.807) is 22.1 Å². The molecule has 3 heterocycles. The molecule has 1 saturated heterocycles. The molecular formula is C31H38N4O6. The highest BCUT2D eigenvalue weighted by Crippen LogP contribution is 2.33. The second-order valence-electron chi connectivity index (χ2n) is 10.2. The Labute approximate surface area is 240 Å². The van der Waals surface area contributed by atoms with Crippen molar-refractivity contribution in [3.8, 4) is 11.5 Å². The molecule has 41 heavy (non-hydrogen) atoms. The Kier molecular flexibility index (Phi) is 9.77. The van der Waals surface area contributed by atoms with Gasteiger partial charge in [-0.2, -0.15) is 0 Å². The minimum Gasteiger partial charge on any atom is -0.467 e. The number of rotatable bonds is 12. The van der Waals surface area contributed by atoms with E-state index in [0.29, 0.717) is 36.0 Å². The summed E-state index contributed by atoms with van der Waals surface area (Å²) in [7, 11) is 0. The summed E-state index contributed by atoms with van der Waals surface area (Å²) in [6, 6.07) is 16.8. The number of nitrogens with one attached hydrogen (secondary N) is 1. The van der Waals surface area contributed by atoms with Crippen LogP contribution >= 0.6 is 0 Å². The Bertz CT molecular complexity index is 1270. The van der Waals surface area contributed by atoms with Crippen LogP contribution in [0.5, 0.6) is 11.5 Å². The van der Waals surface area contributed by atoms with Gasteiger partial charge < -0.3 is 33.7 Å². The van der Waals surface area contributed by atoms with E-state index in [4.69, 9.17) is 18.6 Å². The van der Waals surface area contributed by atoms with Gasteiger partial charge in [-0.15, -0.1) is 0 Å². The maximum Gasteiger partial charge on any atom is 0.322 e. The number of hydrogen-bond acceptors (Lipinski definition) is 7. The van der Waals surface area contributed by atoms with E-state index >= 15 is 0 Å². The van der Waals surface area contributed by atoms with Crippen LogP contribution in [0.15, 0.2) is 65.3 Å². The maximum atomic E-state index is 13.8. The van der Waals surface area contributed by atoms with Crippen LogP contribution in [-0.2, 0) is 29.0 Å². The number of furan rings is 1. The molecule has 2 aliphatic heterocycles. The lowest BCUT2D eigenvalue weighted by Gasteiger charge is -2.30. The Morgan fingerprint density at radius 1 is 0.927 bits per heavy atom. The molecule has 0 aliphatic carbocycles. The fourth-order valence-corrected chi connectivity index (χ4v) is 4.93. The molecule has 1 fully saturated rings. The number of urea groups is 1. The summed E-state index contributed by atoms with van der Waals surface area (Å²) in [6.45, 7) is 7.29. The van der Waals surface area contributed by atoms with Gasteiger partial charge in [0.1, 0.15) is 12.3 Å². The van der Waals surface area contributed by atoms with Crippen molar-refractivity contribution in [3.63, 3.8) is 0 Å². The van der Waals surface area contributed by atoms with E-state index in [1.807, 2.05) is 48.5 Å². The fourth-order valence-electron chi connectivity index (χ4n) is 4.93. The van der Waals surface area contributed by atoms with Gasteiger partial charge in [-0.3, -0.25) is 9.69 Å². The summed E-state index contributed by atoms with van der Waals surface area (Å²) in [5, 5.41) is 2.98. The number of hydrogen-bond donors (Lipinski definition) is 1. The molecule has 218 valence electrons. The van der Waals surface area contributed by atoms with Crippen molar-refractivity contribution in [1.29, 1.82) is 0 Å². The molecular weight excluding hydrogens is 524 g/mol. The first-order valence-corrected chi connectivity index (χ1v) is 14.2. The van der Waals surface area contributed by atoms with Crippen molar-refractivity contribution < 1.29 is 28.2 Å². The van der Waals surface area contributed by atoms with Crippen LogP contribution in [0.4, 0.5) is 10.5 Å². The highest BCUT2D eigenvalue weighted by Gasteiger charge is 2.24. The molecule has 1 aromatic heterocycles. The van der Waals surface area contributed by atoms with E-state index in [1.165, 1.54) is 5.56 Å². The predicted octanol–water partition coefficient (Wildman–Crippen LogP) is 4.36. The van der Waals surface area contributed by atoms with Crippen molar-refractivity contribution >= 4 is 17.6 Å². The Morgan fingerprint density at radius 3 is 2.46 bits per heavy atom. The average molecular weight is 563 g/mol. The second-order valence-corrected chi connectivity index (χ2v) is 10.2. The van der Waals surface area contributed by atoms with E-state index in [-0.39, 0.29) is 31.8 Å². The monoisotopic (exact) mass is 562 g/mol. The van der Waals surface area contributed by atoms with E-state index < -0.39 is 0 Å². The Morgan fingerprint density at radius 2 is 1.71 bits per heavy atom. The molecule has 5 rings (SSSR count). The molecule has 0 saturated carbocycles. The minimum absolute atomic E-state index is 0.0623. The summed E-state index contributed by atoms with van der Waals surface area (Å²) >= 11 is 0. The second kappa shape index (κ2) is 14.0. The van der Waals surface area contributed by atoms with Crippen molar-refractivity contribution in [2.75, 3.05) is 58.0 Å². The summed E-state index contributed by atoms with van der Waals surface area (Å²) in [5.74, 6) is 1.83. The molecule has 3 amide bonds. The van der Waals surface area contributed by atoms with Crippen LogP contribution in [0.3, 0.4) is 0 Å². The maximum absolute atomic E-state index is 13.8. The normalized spacial score (nSPS) is 14.6. The summed E-state index contributed by atoms with van der Waals surface area (Å²) in [4.78, 5) is 32.9. The summed E-state index contributed by atoms with van der Waals surface area (Å²) in [5.41, 5.74) is 2.79. The van der Waals surface area contributed by atoms with Gasteiger partial charge in [-0.1, -0.05) is 25.1 Å². The van der Waals surface area contributed by atoms with Crippen LogP contribution in [0.1, 0.15) is 30.2 Å². The zero-order valence-corrected chi connectivity index (χ0v) is 23.5. The zero-order valence-electron chi connectivity index (χ0n) is 23.5. The number of carbonyl (C=O) groups is 2. The van der Waals surface area contributed by atoms with Crippen LogP contribution in [-0.4, -0.2) is 79.4 Å². The number of amides is 3. The smallest absolute Gasteiger partial charge is 0.322 e. The van der Waals surface area contributed by atoms with Crippen molar-refractivity contribution in [1.82, 2.24) is 14.7 Å². The number of ether oxygens (including phenoxy) is 3. The first-order chi connectivity index (χ1) is 20.1. The lowest BCUT2D eigenvalue weighted by atomic mass is 10.1. The molecule has 2 aliphatic rings. The van der Waals surface area contributed by atoms with Gasteiger partial charge in [-0.05, 0) is 60.4 Å². The summed E-state index contributed by atoms with van der Waals surface area (Å²) < 4.78 is 22.0.